The molecule has 1 rings (SSSR count). The Balaban J connectivity index is 2.60. The average molecular weight is 263 g/mol. The van der Waals surface area contributed by atoms with E-state index in [0.717, 1.165) is 12.0 Å². The van der Waals surface area contributed by atoms with Crippen LogP contribution in [0.2, 0.25) is 0 Å². The first kappa shape index (κ1) is 15.5. The van der Waals surface area contributed by atoms with E-state index in [1.54, 1.807) is 12.1 Å². The number of nitrogens with two attached hydrogens (primary N) is 2. The largest absolute Gasteiger partial charge is 0.399 e. The van der Waals surface area contributed by atoms with Gasteiger partial charge in [-0.1, -0.05) is 26.0 Å². The maximum absolute atomic E-state index is 12.1. The summed E-state index contributed by atoms with van der Waals surface area (Å²) < 4.78 is 0. The molecule has 0 heterocycles. The summed E-state index contributed by atoms with van der Waals surface area (Å²) in [7, 11) is 0. The average Bonchev–Trinajstić information content (AvgIpc) is 2.31. The van der Waals surface area contributed by atoms with Crippen LogP contribution in [0.25, 0.3) is 0 Å². The first-order valence-corrected chi connectivity index (χ1v) is 6.70. The van der Waals surface area contributed by atoms with Gasteiger partial charge < -0.3 is 16.8 Å². The lowest BCUT2D eigenvalue weighted by Crippen LogP contribution is -2.52. The predicted molar refractivity (Wildman–Crippen MR) is 79.6 cm³/mol. The molecule has 19 heavy (non-hydrogen) atoms. The van der Waals surface area contributed by atoms with Crippen LogP contribution < -0.4 is 16.8 Å². The molecule has 0 aromatic heterocycles. The summed E-state index contributed by atoms with van der Waals surface area (Å²) in [5.41, 5.74) is 12.7. The smallest absolute Gasteiger partial charge is 0.224 e. The van der Waals surface area contributed by atoms with Crippen molar-refractivity contribution in [2.45, 2.75) is 39.2 Å². The van der Waals surface area contributed by atoms with Crippen LogP contribution in [-0.4, -0.2) is 18.0 Å². The molecule has 106 valence electrons. The zero-order valence-corrected chi connectivity index (χ0v) is 12.1. The topological polar surface area (TPSA) is 81.1 Å². The minimum Gasteiger partial charge on any atom is -0.399 e. The number of carbonyl (C=O) groups excluding carboxylic acids is 1. The first-order valence-electron chi connectivity index (χ1n) is 6.70. The third kappa shape index (κ3) is 5.30. The Hall–Kier alpha value is -1.55. The highest BCUT2D eigenvalue weighted by Gasteiger charge is 2.25. The number of carbonyl (C=O) groups is 1. The summed E-state index contributed by atoms with van der Waals surface area (Å²) in [5, 5.41) is 3.04. The van der Waals surface area contributed by atoms with Gasteiger partial charge in [0.2, 0.25) is 5.91 Å². The number of nitrogens with one attached hydrogen (secondary N) is 1. The molecular weight excluding hydrogens is 238 g/mol. The molecule has 1 unspecified atom stereocenters. The number of anilines is 1. The molecule has 0 spiro atoms. The van der Waals surface area contributed by atoms with Crippen molar-refractivity contribution in [3.63, 3.8) is 0 Å². The standard InChI is InChI=1S/C15H25N3O/c1-11(2)9-15(3,10-16)18-14(19)8-12-4-6-13(17)7-5-12/h4-7,11H,8-10,16-17H2,1-3H3,(H,18,19). The van der Waals surface area contributed by atoms with Gasteiger partial charge in [-0.2, -0.15) is 0 Å². The number of hydrogen-bond donors (Lipinski definition) is 3. The van der Waals surface area contributed by atoms with Crippen LogP contribution in [-0.2, 0) is 11.2 Å². The Kier molecular flexibility index (Phi) is 5.36. The molecule has 0 aliphatic rings. The monoisotopic (exact) mass is 263 g/mol. The lowest BCUT2D eigenvalue weighted by Gasteiger charge is -2.31. The fourth-order valence-corrected chi connectivity index (χ4v) is 2.29. The molecule has 0 fully saturated rings. The molecule has 4 nitrogen and oxygen atoms in total. The van der Waals surface area contributed by atoms with Crippen molar-refractivity contribution in [1.82, 2.24) is 5.32 Å². The first-order chi connectivity index (χ1) is 8.84. The van der Waals surface area contributed by atoms with Crippen molar-refractivity contribution in [3.05, 3.63) is 29.8 Å². The van der Waals surface area contributed by atoms with Crippen molar-refractivity contribution in [1.29, 1.82) is 0 Å². The van der Waals surface area contributed by atoms with E-state index in [1.807, 2.05) is 19.1 Å². The van der Waals surface area contributed by atoms with Crippen LogP contribution in [0, 0.1) is 5.92 Å². The SMILES string of the molecule is CC(C)CC(C)(CN)NC(=O)Cc1ccc(N)cc1. The maximum Gasteiger partial charge on any atom is 0.224 e. The number of nitrogen functional groups attached to an aromatic ring is 1. The van der Waals surface area contributed by atoms with Crippen LogP contribution in [0.1, 0.15) is 32.8 Å². The van der Waals surface area contributed by atoms with Gasteiger partial charge in [-0.3, -0.25) is 4.79 Å². The summed E-state index contributed by atoms with van der Waals surface area (Å²) in [6, 6.07) is 7.35. The van der Waals surface area contributed by atoms with Crippen LogP contribution in [0.5, 0.6) is 0 Å². The van der Waals surface area contributed by atoms with Crippen molar-refractivity contribution >= 4 is 11.6 Å². The van der Waals surface area contributed by atoms with Crippen LogP contribution in [0.15, 0.2) is 24.3 Å². The van der Waals surface area contributed by atoms with E-state index in [0.29, 0.717) is 24.6 Å². The Morgan fingerprint density at radius 1 is 1.32 bits per heavy atom. The number of rotatable bonds is 6. The van der Waals surface area contributed by atoms with Gasteiger partial charge in [0.05, 0.1) is 6.42 Å². The summed E-state index contributed by atoms with van der Waals surface area (Å²) in [5.74, 6) is 0.490. The highest BCUT2D eigenvalue weighted by Crippen LogP contribution is 2.15. The van der Waals surface area contributed by atoms with Crippen LogP contribution >= 0.6 is 0 Å². The van der Waals surface area contributed by atoms with Gasteiger partial charge in [0.15, 0.2) is 0 Å². The normalized spacial score (nSPS) is 14.2. The van der Waals surface area contributed by atoms with Gasteiger partial charge in [0, 0.05) is 17.8 Å². The second kappa shape index (κ2) is 6.57. The number of amides is 1. The lowest BCUT2D eigenvalue weighted by molar-refractivity contribution is -0.122. The molecule has 0 saturated carbocycles. The second-order valence-electron chi connectivity index (χ2n) is 5.83. The lowest BCUT2D eigenvalue weighted by atomic mass is 9.90. The van der Waals surface area contributed by atoms with E-state index in [-0.39, 0.29) is 11.4 Å². The fourth-order valence-electron chi connectivity index (χ4n) is 2.29. The van der Waals surface area contributed by atoms with E-state index in [1.165, 1.54) is 0 Å². The molecule has 1 atom stereocenters. The van der Waals surface area contributed by atoms with Crippen molar-refractivity contribution in [3.8, 4) is 0 Å². The molecule has 0 aliphatic carbocycles. The summed E-state index contributed by atoms with van der Waals surface area (Å²) >= 11 is 0. The molecule has 0 saturated heterocycles. The molecule has 5 N–H and O–H groups in total. The molecule has 0 bridgehead atoms. The third-order valence-corrected chi connectivity index (χ3v) is 3.09. The van der Waals surface area contributed by atoms with Crippen molar-refractivity contribution in [2.75, 3.05) is 12.3 Å². The highest BCUT2D eigenvalue weighted by molar-refractivity contribution is 5.79. The Morgan fingerprint density at radius 2 is 1.89 bits per heavy atom. The summed E-state index contributed by atoms with van der Waals surface area (Å²) in [6.45, 7) is 6.69. The van der Waals surface area contributed by atoms with E-state index >= 15 is 0 Å². The summed E-state index contributed by atoms with van der Waals surface area (Å²) in [6.07, 6.45) is 1.23. The quantitative estimate of drug-likeness (QED) is 0.683. The Labute approximate surface area is 115 Å². The summed E-state index contributed by atoms with van der Waals surface area (Å²) in [4.78, 5) is 12.1. The highest BCUT2D eigenvalue weighted by atomic mass is 16.1. The van der Waals surface area contributed by atoms with Gasteiger partial charge >= 0.3 is 0 Å². The maximum atomic E-state index is 12.1. The molecule has 1 amide bonds. The molecule has 0 aliphatic heterocycles. The second-order valence-corrected chi connectivity index (χ2v) is 5.83. The number of benzene rings is 1. The Bertz CT molecular complexity index is 414. The van der Waals surface area contributed by atoms with E-state index < -0.39 is 0 Å². The molecular formula is C15H25N3O. The molecule has 4 heteroatoms. The number of hydrogen-bond acceptors (Lipinski definition) is 3. The molecule has 1 aromatic rings. The van der Waals surface area contributed by atoms with Gasteiger partial charge in [0.25, 0.3) is 0 Å². The molecule has 0 radical (unpaired) electrons. The Morgan fingerprint density at radius 3 is 2.37 bits per heavy atom. The van der Waals surface area contributed by atoms with E-state index in [9.17, 15) is 4.79 Å². The van der Waals surface area contributed by atoms with E-state index in [4.69, 9.17) is 11.5 Å². The van der Waals surface area contributed by atoms with E-state index in [2.05, 4.69) is 19.2 Å². The van der Waals surface area contributed by atoms with Gasteiger partial charge in [0.1, 0.15) is 0 Å². The molecule has 1 aromatic carbocycles. The predicted octanol–water partition coefficient (Wildman–Crippen LogP) is 1.69. The van der Waals surface area contributed by atoms with Crippen LogP contribution in [0.3, 0.4) is 0 Å². The third-order valence-electron chi connectivity index (χ3n) is 3.09. The minimum absolute atomic E-state index is 0.00151. The zero-order valence-electron chi connectivity index (χ0n) is 12.1. The van der Waals surface area contributed by atoms with Gasteiger partial charge in [-0.15, -0.1) is 0 Å². The van der Waals surface area contributed by atoms with Crippen molar-refractivity contribution in [2.24, 2.45) is 11.7 Å². The zero-order chi connectivity index (χ0) is 14.5. The van der Waals surface area contributed by atoms with Crippen molar-refractivity contribution < 1.29 is 4.79 Å². The minimum atomic E-state index is -0.334. The van der Waals surface area contributed by atoms with Gasteiger partial charge in [-0.05, 0) is 37.0 Å². The fraction of sp³-hybridized carbons (Fsp3) is 0.533. The van der Waals surface area contributed by atoms with Crippen LogP contribution in [0.4, 0.5) is 5.69 Å². The van der Waals surface area contributed by atoms with Gasteiger partial charge in [-0.25, -0.2) is 0 Å².